The standard InChI is InChI=1S/C18H20FNO3/c1-3-12(4-2)13-5-7-15(8-6-13)23-18-16(19)9-14(10-20-18)17(22)11-21/h5-10,12,21H,3-4,11H2,1-2H3. The molecule has 0 aliphatic heterocycles. The molecular formula is C18H20FNO3. The van der Waals surface area contributed by atoms with Gasteiger partial charge in [0.15, 0.2) is 11.6 Å². The molecule has 0 radical (unpaired) electrons. The number of carbonyl (C=O) groups is 1. The minimum Gasteiger partial charge on any atom is -0.436 e. The fourth-order valence-electron chi connectivity index (χ4n) is 2.42. The molecule has 0 saturated carbocycles. The number of ketones is 1. The van der Waals surface area contributed by atoms with Crippen molar-refractivity contribution in [2.45, 2.75) is 32.6 Å². The summed E-state index contributed by atoms with van der Waals surface area (Å²) >= 11 is 0. The van der Waals surface area contributed by atoms with Crippen molar-refractivity contribution in [3.8, 4) is 11.6 Å². The fraction of sp³-hybridized carbons (Fsp3) is 0.333. The number of rotatable bonds is 7. The first-order valence-electron chi connectivity index (χ1n) is 7.66. The number of hydrogen-bond donors (Lipinski definition) is 1. The van der Waals surface area contributed by atoms with Crippen LogP contribution in [-0.4, -0.2) is 22.5 Å². The van der Waals surface area contributed by atoms with Crippen LogP contribution >= 0.6 is 0 Å². The minimum absolute atomic E-state index is 0.0152. The zero-order valence-corrected chi connectivity index (χ0v) is 13.3. The topological polar surface area (TPSA) is 59.4 Å². The summed E-state index contributed by atoms with van der Waals surface area (Å²) in [6.07, 6.45) is 3.32. The van der Waals surface area contributed by atoms with Crippen molar-refractivity contribution in [2.24, 2.45) is 0 Å². The van der Waals surface area contributed by atoms with Crippen molar-refractivity contribution in [3.05, 3.63) is 53.5 Å². The van der Waals surface area contributed by atoms with Crippen molar-refractivity contribution in [2.75, 3.05) is 6.61 Å². The van der Waals surface area contributed by atoms with Gasteiger partial charge in [-0.15, -0.1) is 0 Å². The number of halogens is 1. The Balaban J connectivity index is 2.14. The first kappa shape index (κ1) is 17.1. The molecule has 0 saturated heterocycles. The van der Waals surface area contributed by atoms with Crippen LogP contribution in [0, 0.1) is 5.82 Å². The Morgan fingerprint density at radius 2 is 1.91 bits per heavy atom. The molecule has 0 amide bonds. The van der Waals surface area contributed by atoms with Gasteiger partial charge >= 0.3 is 0 Å². The van der Waals surface area contributed by atoms with E-state index in [1.54, 1.807) is 12.1 Å². The Hall–Kier alpha value is -2.27. The Kier molecular flexibility index (Phi) is 5.82. The number of aliphatic hydroxyl groups excluding tert-OH is 1. The summed E-state index contributed by atoms with van der Waals surface area (Å²) in [4.78, 5) is 15.1. The van der Waals surface area contributed by atoms with Gasteiger partial charge in [0.25, 0.3) is 5.88 Å². The van der Waals surface area contributed by atoms with Gasteiger partial charge in [-0.25, -0.2) is 9.37 Å². The van der Waals surface area contributed by atoms with Gasteiger partial charge in [0.1, 0.15) is 12.4 Å². The average molecular weight is 317 g/mol. The van der Waals surface area contributed by atoms with Crippen molar-refractivity contribution in [3.63, 3.8) is 0 Å². The molecule has 122 valence electrons. The summed E-state index contributed by atoms with van der Waals surface area (Å²) in [5.74, 6) is -0.546. The van der Waals surface area contributed by atoms with Gasteiger partial charge in [-0.3, -0.25) is 4.79 Å². The largest absolute Gasteiger partial charge is 0.436 e. The van der Waals surface area contributed by atoms with Gasteiger partial charge in [0.2, 0.25) is 0 Å². The fourth-order valence-corrected chi connectivity index (χ4v) is 2.42. The molecule has 0 fully saturated rings. The predicted molar refractivity (Wildman–Crippen MR) is 85.5 cm³/mol. The van der Waals surface area contributed by atoms with Crippen LogP contribution in [0.25, 0.3) is 0 Å². The van der Waals surface area contributed by atoms with E-state index in [2.05, 4.69) is 18.8 Å². The molecule has 1 N–H and O–H groups in total. The molecule has 1 heterocycles. The van der Waals surface area contributed by atoms with Crippen molar-refractivity contribution >= 4 is 5.78 Å². The molecule has 1 aromatic carbocycles. The maximum Gasteiger partial charge on any atom is 0.255 e. The highest BCUT2D eigenvalue weighted by Gasteiger charge is 2.12. The molecule has 5 heteroatoms. The second-order valence-corrected chi connectivity index (χ2v) is 5.28. The summed E-state index contributed by atoms with van der Waals surface area (Å²) in [6, 6.07) is 8.51. The number of Topliss-reactive ketones (excluding diaryl/α,β-unsaturated/α-hetero) is 1. The molecule has 0 aliphatic rings. The van der Waals surface area contributed by atoms with Gasteiger partial charge in [-0.2, -0.15) is 0 Å². The average Bonchev–Trinajstić information content (AvgIpc) is 2.58. The van der Waals surface area contributed by atoms with Crippen LogP contribution < -0.4 is 4.74 Å². The Labute approximate surface area is 134 Å². The number of ether oxygens (including phenoxy) is 1. The van der Waals surface area contributed by atoms with Crippen molar-refractivity contribution in [1.82, 2.24) is 4.98 Å². The third-order valence-electron chi connectivity index (χ3n) is 3.82. The highest BCUT2D eigenvalue weighted by Crippen LogP contribution is 2.27. The summed E-state index contributed by atoms with van der Waals surface area (Å²) in [6.45, 7) is 3.61. The van der Waals surface area contributed by atoms with E-state index < -0.39 is 18.2 Å². The van der Waals surface area contributed by atoms with Crippen LogP contribution in [0.1, 0.15) is 48.5 Å². The Morgan fingerprint density at radius 3 is 2.43 bits per heavy atom. The van der Waals surface area contributed by atoms with Gasteiger partial charge < -0.3 is 9.84 Å². The normalized spacial score (nSPS) is 10.8. The number of carbonyl (C=O) groups excluding carboxylic acids is 1. The molecule has 2 rings (SSSR count). The summed E-state index contributed by atoms with van der Waals surface area (Å²) in [5, 5.41) is 8.76. The zero-order chi connectivity index (χ0) is 16.8. The van der Waals surface area contributed by atoms with Crippen LogP contribution in [0.5, 0.6) is 11.6 Å². The first-order valence-corrected chi connectivity index (χ1v) is 7.66. The molecule has 1 aromatic heterocycles. The van der Waals surface area contributed by atoms with Crippen LogP contribution in [0.2, 0.25) is 0 Å². The minimum atomic E-state index is -0.742. The van der Waals surface area contributed by atoms with E-state index >= 15 is 0 Å². The number of benzene rings is 1. The second-order valence-electron chi connectivity index (χ2n) is 5.28. The monoisotopic (exact) mass is 317 g/mol. The Morgan fingerprint density at radius 1 is 1.26 bits per heavy atom. The number of pyridine rings is 1. The third-order valence-corrected chi connectivity index (χ3v) is 3.82. The predicted octanol–water partition coefficient (Wildman–Crippen LogP) is 4.09. The summed E-state index contributed by atoms with van der Waals surface area (Å²) in [7, 11) is 0. The van der Waals surface area contributed by atoms with Crippen LogP contribution in [0.3, 0.4) is 0 Å². The highest BCUT2D eigenvalue weighted by molar-refractivity contribution is 5.96. The molecule has 0 spiro atoms. The Bertz CT molecular complexity index is 666. The second kappa shape index (κ2) is 7.83. The van der Waals surface area contributed by atoms with E-state index in [1.165, 1.54) is 11.8 Å². The van der Waals surface area contributed by atoms with Crippen molar-refractivity contribution in [1.29, 1.82) is 0 Å². The van der Waals surface area contributed by atoms with E-state index in [0.717, 1.165) is 18.9 Å². The van der Waals surface area contributed by atoms with Gasteiger partial charge in [0, 0.05) is 11.8 Å². The summed E-state index contributed by atoms with van der Waals surface area (Å²) in [5.41, 5.74) is 1.24. The molecule has 23 heavy (non-hydrogen) atoms. The lowest BCUT2D eigenvalue weighted by Crippen LogP contribution is -2.06. The molecule has 0 aliphatic carbocycles. The number of nitrogens with zero attached hydrogens (tertiary/aromatic N) is 1. The lowest BCUT2D eigenvalue weighted by atomic mass is 9.94. The van der Waals surface area contributed by atoms with Crippen molar-refractivity contribution < 1.29 is 19.0 Å². The lowest BCUT2D eigenvalue weighted by molar-refractivity contribution is 0.0903. The van der Waals surface area contributed by atoms with E-state index in [9.17, 15) is 9.18 Å². The highest BCUT2D eigenvalue weighted by atomic mass is 19.1. The van der Waals surface area contributed by atoms with Gasteiger partial charge in [0.05, 0.1) is 0 Å². The number of aliphatic hydroxyl groups is 1. The van der Waals surface area contributed by atoms with Crippen LogP contribution in [-0.2, 0) is 0 Å². The maximum absolute atomic E-state index is 13.9. The van der Waals surface area contributed by atoms with E-state index in [4.69, 9.17) is 9.84 Å². The molecule has 2 aromatic rings. The van der Waals surface area contributed by atoms with E-state index in [0.29, 0.717) is 11.7 Å². The molecule has 0 unspecified atom stereocenters. The maximum atomic E-state index is 13.9. The molecular weight excluding hydrogens is 297 g/mol. The number of hydrogen-bond acceptors (Lipinski definition) is 4. The van der Waals surface area contributed by atoms with E-state index in [1.807, 2.05) is 12.1 Å². The van der Waals surface area contributed by atoms with Gasteiger partial charge in [-0.05, 0) is 42.5 Å². The molecule has 0 atom stereocenters. The zero-order valence-electron chi connectivity index (χ0n) is 13.3. The van der Waals surface area contributed by atoms with Gasteiger partial charge in [-0.1, -0.05) is 26.0 Å². The SMILES string of the molecule is CCC(CC)c1ccc(Oc2ncc(C(=O)CO)cc2F)cc1. The third kappa shape index (κ3) is 4.13. The quantitative estimate of drug-likeness (QED) is 0.781. The van der Waals surface area contributed by atoms with E-state index in [-0.39, 0.29) is 11.4 Å². The van der Waals surface area contributed by atoms with Crippen LogP contribution in [0.4, 0.5) is 4.39 Å². The lowest BCUT2D eigenvalue weighted by Gasteiger charge is -2.13. The van der Waals surface area contributed by atoms with Crippen LogP contribution in [0.15, 0.2) is 36.5 Å². The first-order chi connectivity index (χ1) is 11.1. The smallest absolute Gasteiger partial charge is 0.255 e. The summed E-state index contributed by atoms with van der Waals surface area (Å²) < 4.78 is 19.3. The number of aromatic nitrogens is 1. The molecule has 0 bridgehead atoms. The molecule has 4 nitrogen and oxygen atoms in total.